The molecular formula is C21H26N4O2. The lowest BCUT2D eigenvalue weighted by molar-refractivity contribution is -0.122. The zero-order valence-electron chi connectivity index (χ0n) is 15.5. The van der Waals surface area contributed by atoms with Gasteiger partial charge >= 0.3 is 0 Å². The molecule has 1 aliphatic rings. The van der Waals surface area contributed by atoms with E-state index in [-0.39, 0.29) is 5.91 Å². The molecule has 6 heteroatoms. The summed E-state index contributed by atoms with van der Waals surface area (Å²) in [5.74, 6) is 1.14. The minimum Gasteiger partial charge on any atom is -0.361 e. The molecule has 0 spiro atoms. The third kappa shape index (κ3) is 4.56. The number of benzene rings is 1. The van der Waals surface area contributed by atoms with Crippen molar-refractivity contribution in [3.05, 3.63) is 36.4 Å². The maximum atomic E-state index is 12.3. The van der Waals surface area contributed by atoms with Crippen molar-refractivity contribution in [2.45, 2.75) is 63.8 Å². The molecule has 27 heavy (non-hydrogen) atoms. The van der Waals surface area contributed by atoms with Crippen LogP contribution in [0.2, 0.25) is 0 Å². The first-order valence-corrected chi connectivity index (χ1v) is 9.97. The number of fused-ring (bicyclic) bond motifs is 1. The first-order chi connectivity index (χ1) is 13.3. The molecule has 1 aromatic carbocycles. The first kappa shape index (κ1) is 17.8. The van der Waals surface area contributed by atoms with Crippen molar-refractivity contribution in [3.63, 3.8) is 0 Å². The Morgan fingerprint density at radius 2 is 1.96 bits per heavy atom. The lowest BCUT2D eigenvalue weighted by Crippen LogP contribution is -2.35. The van der Waals surface area contributed by atoms with Gasteiger partial charge in [-0.25, -0.2) is 0 Å². The summed E-state index contributed by atoms with van der Waals surface area (Å²) >= 11 is 0. The monoisotopic (exact) mass is 366 g/mol. The molecule has 6 nitrogen and oxygen atoms in total. The maximum Gasteiger partial charge on any atom is 0.227 e. The van der Waals surface area contributed by atoms with Gasteiger partial charge < -0.3 is 14.8 Å². The van der Waals surface area contributed by atoms with E-state index in [9.17, 15) is 4.79 Å². The SMILES string of the molecule is O=C(CCc1nc(-c2ccc3cc[nH]c3c2)no1)NC1CCCCCCC1. The second-order valence-electron chi connectivity index (χ2n) is 7.40. The average Bonchev–Trinajstić information content (AvgIpc) is 3.30. The molecule has 0 bridgehead atoms. The highest BCUT2D eigenvalue weighted by atomic mass is 16.5. The Bertz CT molecular complexity index is 890. The number of carbonyl (C=O) groups excluding carboxylic acids is 1. The predicted molar refractivity (Wildman–Crippen MR) is 104 cm³/mol. The van der Waals surface area contributed by atoms with Crippen LogP contribution in [-0.4, -0.2) is 27.1 Å². The van der Waals surface area contributed by atoms with Crippen LogP contribution in [0.15, 0.2) is 35.0 Å². The lowest BCUT2D eigenvalue weighted by Gasteiger charge is -2.20. The van der Waals surface area contributed by atoms with Crippen LogP contribution in [0, 0.1) is 0 Å². The third-order valence-electron chi connectivity index (χ3n) is 5.32. The van der Waals surface area contributed by atoms with E-state index >= 15 is 0 Å². The fourth-order valence-corrected chi connectivity index (χ4v) is 3.78. The summed E-state index contributed by atoms with van der Waals surface area (Å²) < 4.78 is 5.34. The van der Waals surface area contributed by atoms with E-state index in [1.54, 1.807) is 0 Å². The number of hydrogen-bond donors (Lipinski definition) is 2. The van der Waals surface area contributed by atoms with Gasteiger partial charge in [-0.1, -0.05) is 49.4 Å². The Hall–Kier alpha value is -2.63. The Labute approximate surface area is 158 Å². The van der Waals surface area contributed by atoms with Gasteiger partial charge in [0.15, 0.2) is 0 Å². The molecule has 2 aromatic heterocycles. The van der Waals surface area contributed by atoms with E-state index in [0.717, 1.165) is 29.3 Å². The highest BCUT2D eigenvalue weighted by Gasteiger charge is 2.15. The minimum atomic E-state index is 0.0770. The van der Waals surface area contributed by atoms with Crippen molar-refractivity contribution in [1.29, 1.82) is 0 Å². The van der Waals surface area contributed by atoms with Crippen molar-refractivity contribution in [2.24, 2.45) is 0 Å². The van der Waals surface area contributed by atoms with Crippen molar-refractivity contribution in [1.82, 2.24) is 20.4 Å². The van der Waals surface area contributed by atoms with E-state index in [1.165, 1.54) is 32.1 Å². The number of aryl methyl sites for hydroxylation is 1. The van der Waals surface area contributed by atoms with E-state index in [0.29, 0.717) is 30.6 Å². The zero-order valence-corrected chi connectivity index (χ0v) is 15.5. The van der Waals surface area contributed by atoms with E-state index in [4.69, 9.17) is 4.52 Å². The molecule has 1 aliphatic carbocycles. The van der Waals surface area contributed by atoms with Crippen LogP contribution in [0.25, 0.3) is 22.3 Å². The van der Waals surface area contributed by atoms with Gasteiger partial charge in [-0.3, -0.25) is 4.79 Å². The second-order valence-corrected chi connectivity index (χ2v) is 7.40. The van der Waals surface area contributed by atoms with Crippen LogP contribution < -0.4 is 5.32 Å². The van der Waals surface area contributed by atoms with E-state index in [1.807, 2.05) is 30.5 Å². The van der Waals surface area contributed by atoms with Crippen molar-refractivity contribution in [3.8, 4) is 11.4 Å². The summed E-state index contributed by atoms with van der Waals surface area (Å²) in [4.78, 5) is 19.9. The van der Waals surface area contributed by atoms with Gasteiger partial charge in [0.25, 0.3) is 0 Å². The largest absolute Gasteiger partial charge is 0.361 e. The fraction of sp³-hybridized carbons (Fsp3) is 0.476. The van der Waals surface area contributed by atoms with Crippen LogP contribution in [-0.2, 0) is 11.2 Å². The quantitative estimate of drug-likeness (QED) is 0.702. The Kier molecular flexibility index (Phi) is 5.51. The molecule has 142 valence electrons. The Morgan fingerprint density at radius 3 is 2.81 bits per heavy atom. The Balaban J connectivity index is 1.31. The van der Waals surface area contributed by atoms with Crippen LogP contribution in [0.4, 0.5) is 0 Å². The lowest BCUT2D eigenvalue weighted by atomic mass is 9.96. The number of nitrogens with zero attached hydrogens (tertiary/aromatic N) is 2. The number of hydrogen-bond acceptors (Lipinski definition) is 4. The molecule has 0 unspecified atom stereocenters. The molecule has 0 saturated heterocycles. The standard InChI is InChI=1S/C21H26N4O2/c26-19(23-17-6-4-2-1-3-5-7-17)10-11-20-24-21(25-27-20)16-9-8-15-12-13-22-18(15)14-16/h8-9,12-14,17,22H,1-7,10-11H2,(H,23,26). The van der Waals surface area contributed by atoms with Crippen LogP contribution in [0.5, 0.6) is 0 Å². The highest BCUT2D eigenvalue weighted by Crippen LogP contribution is 2.22. The van der Waals surface area contributed by atoms with Gasteiger partial charge in [-0.15, -0.1) is 0 Å². The molecule has 0 atom stereocenters. The molecule has 1 amide bonds. The summed E-state index contributed by atoms with van der Waals surface area (Å²) in [6.07, 6.45) is 11.3. The molecule has 0 aliphatic heterocycles. The van der Waals surface area contributed by atoms with Gasteiger partial charge in [0.05, 0.1) is 0 Å². The number of aromatic nitrogens is 3. The van der Waals surface area contributed by atoms with Crippen molar-refractivity contribution < 1.29 is 9.32 Å². The number of amides is 1. The van der Waals surface area contributed by atoms with Gasteiger partial charge in [-0.05, 0) is 30.4 Å². The number of H-pyrrole nitrogens is 1. The highest BCUT2D eigenvalue weighted by molar-refractivity contribution is 5.83. The van der Waals surface area contributed by atoms with E-state index in [2.05, 4.69) is 20.4 Å². The van der Waals surface area contributed by atoms with Crippen LogP contribution in [0.3, 0.4) is 0 Å². The van der Waals surface area contributed by atoms with Crippen molar-refractivity contribution in [2.75, 3.05) is 0 Å². The third-order valence-corrected chi connectivity index (χ3v) is 5.32. The topological polar surface area (TPSA) is 83.8 Å². The molecule has 1 saturated carbocycles. The maximum absolute atomic E-state index is 12.3. The summed E-state index contributed by atoms with van der Waals surface area (Å²) in [6.45, 7) is 0. The molecular weight excluding hydrogens is 340 g/mol. The van der Waals surface area contributed by atoms with Gasteiger partial charge in [0, 0.05) is 36.2 Å². The molecule has 3 aromatic rings. The average molecular weight is 366 g/mol. The van der Waals surface area contributed by atoms with Crippen molar-refractivity contribution >= 4 is 16.8 Å². The normalized spacial score (nSPS) is 16.1. The molecule has 1 fully saturated rings. The number of carbonyl (C=O) groups is 1. The summed E-state index contributed by atoms with van der Waals surface area (Å²) in [5.41, 5.74) is 1.94. The van der Waals surface area contributed by atoms with Crippen LogP contribution >= 0.6 is 0 Å². The predicted octanol–water partition coefficient (Wildman–Crippen LogP) is 4.38. The molecule has 2 N–H and O–H groups in total. The smallest absolute Gasteiger partial charge is 0.227 e. The summed E-state index contributed by atoms with van der Waals surface area (Å²) in [6, 6.07) is 8.36. The zero-order chi connectivity index (χ0) is 18.5. The number of aromatic amines is 1. The minimum absolute atomic E-state index is 0.0770. The second kappa shape index (κ2) is 8.37. The molecule has 2 heterocycles. The van der Waals surface area contributed by atoms with Gasteiger partial charge in [0.1, 0.15) is 0 Å². The van der Waals surface area contributed by atoms with E-state index < -0.39 is 0 Å². The Morgan fingerprint density at radius 1 is 1.15 bits per heavy atom. The first-order valence-electron chi connectivity index (χ1n) is 9.97. The number of nitrogens with one attached hydrogen (secondary N) is 2. The molecule has 4 rings (SSSR count). The fourth-order valence-electron chi connectivity index (χ4n) is 3.78. The molecule has 0 radical (unpaired) electrons. The number of rotatable bonds is 5. The summed E-state index contributed by atoms with van der Waals surface area (Å²) in [7, 11) is 0. The van der Waals surface area contributed by atoms with Crippen LogP contribution in [0.1, 0.15) is 57.3 Å². The van der Waals surface area contributed by atoms with Gasteiger partial charge in [-0.2, -0.15) is 4.98 Å². The summed E-state index contributed by atoms with van der Waals surface area (Å²) in [5, 5.41) is 8.39. The van der Waals surface area contributed by atoms with Gasteiger partial charge in [0.2, 0.25) is 17.6 Å².